The molecule has 0 bridgehead atoms. The van der Waals surface area contributed by atoms with Gasteiger partial charge in [-0.3, -0.25) is 4.79 Å². The van der Waals surface area contributed by atoms with Crippen molar-refractivity contribution >= 4 is 5.97 Å². The molecule has 10 heavy (non-hydrogen) atoms. The molecule has 0 amide bonds. The third-order valence-electron chi connectivity index (χ3n) is 1.33. The highest BCUT2D eigenvalue weighted by atomic mass is 16.4. The number of carboxylic acid groups (broad SMARTS) is 1. The Balaban J connectivity index is 3.39. The highest BCUT2D eigenvalue weighted by Crippen LogP contribution is 2.06. The van der Waals surface area contributed by atoms with Crippen LogP contribution in [0.2, 0.25) is 0 Å². The molecule has 0 heterocycles. The summed E-state index contributed by atoms with van der Waals surface area (Å²) in [4.78, 5) is 10.1. The van der Waals surface area contributed by atoms with Crippen LogP contribution < -0.4 is 0 Å². The predicted molar refractivity (Wildman–Crippen MR) is 40.8 cm³/mol. The van der Waals surface area contributed by atoms with E-state index in [2.05, 4.69) is 0 Å². The molecule has 0 saturated heterocycles. The fourth-order valence-electron chi connectivity index (χ4n) is 0.776. The lowest BCUT2D eigenvalue weighted by molar-refractivity contribution is -0.137. The first-order chi connectivity index (χ1) is 4.66. The number of carbonyl (C=O) groups is 1. The fraction of sp³-hybridized carbons (Fsp3) is 0.625. The van der Waals surface area contributed by atoms with Gasteiger partial charge < -0.3 is 5.11 Å². The normalized spacial score (nSPS) is 13.8. The van der Waals surface area contributed by atoms with Gasteiger partial charge in [-0.05, 0) is 19.3 Å². The van der Waals surface area contributed by atoms with Crippen molar-refractivity contribution in [2.75, 3.05) is 0 Å². The largest absolute Gasteiger partial charge is 0.481 e. The molecule has 1 N–H and O–H groups in total. The third kappa shape index (κ3) is 5.35. The molecule has 0 aromatic carbocycles. The van der Waals surface area contributed by atoms with E-state index in [4.69, 9.17) is 5.11 Å². The van der Waals surface area contributed by atoms with E-state index < -0.39 is 5.97 Å². The quantitative estimate of drug-likeness (QED) is 0.610. The molecule has 0 aliphatic heterocycles. The first-order valence-electron chi connectivity index (χ1n) is 3.51. The molecule has 0 aliphatic carbocycles. The molecular weight excluding hydrogens is 128 g/mol. The van der Waals surface area contributed by atoms with Gasteiger partial charge in [0, 0.05) is 6.42 Å². The maximum Gasteiger partial charge on any atom is 0.303 e. The molecule has 1 unspecified atom stereocenters. The Hall–Kier alpha value is -0.790. The van der Waals surface area contributed by atoms with E-state index in [0.717, 1.165) is 6.42 Å². The number of aliphatic carboxylic acids is 1. The number of carboxylic acids is 1. The molecule has 0 aliphatic rings. The minimum Gasteiger partial charge on any atom is -0.481 e. The Morgan fingerprint density at radius 3 is 2.70 bits per heavy atom. The summed E-state index contributed by atoms with van der Waals surface area (Å²) in [5.41, 5.74) is 0. The summed E-state index contributed by atoms with van der Waals surface area (Å²) in [5.74, 6) is -0.322. The maximum atomic E-state index is 10.1. The maximum absolute atomic E-state index is 10.1. The van der Waals surface area contributed by atoms with Gasteiger partial charge in [-0.25, -0.2) is 0 Å². The van der Waals surface area contributed by atoms with Crippen LogP contribution in [0.1, 0.15) is 26.7 Å². The van der Waals surface area contributed by atoms with Crippen LogP contribution in [-0.2, 0) is 4.79 Å². The van der Waals surface area contributed by atoms with E-state index in [1.807, 2.05) is 26.0 Å². The Morgan fingerprint density at radius 2 is 2.30 bits per heavy atom. The van der Waals surface area contributed by atoms with E-state index in [1.54, 1.807) is 0 Å². The highest BCUT2D eigenvalue weighted by Gasteiger charge is 2.00. The summed E-state index contributed by atoms with van der Waals surface area (Å²) < 4.78 is 0. The van der Waals surface area contributed by atoms with Crippen molar-refractivity contribution in [1.82, 2.24) is 0 Å². The molecule has 0 radical (unpaired) electrons. The van der Waals surface area contributed by atoms with Crippen molar-refractivity contribution in [1.29, 1.82) is 0 Å². The summed E-state index contributed by atoms with van der Waals surface area (Å²) >= 11 is 0. The Morgan fingerprint density at radius 1 is 1.70 bits per heavy atom. The van der Waals surface area contributed by atoms with Crippen molar-refractivity contribution in [2.24, 2.45) is 5.92 Å². The highest BCUT2D eigenvalue weighted by molar-refractivity contribution is 5.66. The standard InChI is InChI=1S/C8H14O2/c1-3-4-7(2)5-6-8(9)10/h3-4,7H,5-6H2,1-2H3,(H,9,10). The fourth-order valence-corrected chi connectivity index (χ4v) is 0.776. The van der Waals surface area contributed by atoms with Gasteiger partial charge in [-0.15, -0.1) is 0 Å². The van der Waals surface area contributed by atoms with Gasteiger partial charge in [0.15, 0.2) is 0 Å². The molecule has 58 valence electrons. The van der Waals surface area contributed by atoms with Crippen LogP contribution >= 0.6 is 0 Å². The minimum atomic E-state index is -0.712. The van der Waals surface area contributed by atoms with Crippen molar-refractivity contribution < 1.29 is 9.90 Å². The minimum absolute atomic E-state index is 0.269. The summed E-state index contributed by atoms with van der Waals surface area (Å²) in [7, 11) is 0. The number of rotatable bonds is 4. The van der Waals surface area contributed by atoms with Crippen LogP contribution in [0, 0.1) is 5.92 Å². The third-order valence-corrected chi connectivity index (χ3v) is 1.33. The van der Waals surface area contributed by atoms with Crippen LogP contribution in [0.3, 0.4) is 0 Å². The van der Waals surface area contributed by atoms with Gasteiger partial charge in [0.1, 0.15) is 0 Å². The second-order valence-electron chi connectivity index (χ2n) is 2.44. The second kappa shape index (κ2) is 5.03. The lowest BCUT2D eigenvalue weighted by atomic mass is 10.1. The first kappa shape index (κ1) is 9.21. The van der Waals surface area contributed by atoms with Crippen LogP contribution in [0.4, 0.5) is 0 Å². The summed E-state index contributed by atoms with van der Waals surface area (Å²) in [5, 5.41) is 8.31. The van der Waals surface area contributed by atoms with E-state index in [0.29, 0.717) is 5.92 Å². The molecular formula is C8H14O2. The second-order valence-corrected chi connectivity index (χ2v) is 2.44. The average Bonchev–Trinajstić information content (AvgIpc) is 1.85. The van der Waals surface area contributed by atoms with Crippen molar-refractivity contribution in [3.05, 3.63) is 12.2 Å². The predicted octanol–water partition coefficient (Wildman–Crippen LogP) is 2.06. The zero-order valence-corrected chi connectivity index (χ0v) is 6.50. The van der Waals surface area contributed by atoms with E-state index in [1.165, 1.54) is 0 Å². The van der Waals surface area contributed by atoms with Crippen LogP contribution in [0.5, 0.6) is 0 Å². The molecule has 0 spiro atoms. The molecule has 0 fully saturated rings. The lowest BCUT2D eigenvalue weighted by Gasteiger charge is -2.00. The zero-order chi connectivity index (χ0) is 7.98. The van der Waals surface area contributed by atoms with Crippen molar-refractivity contribution in [2.45, 2.75) is 26.7 Å². The van der Waals surface area contributed by atoms with Gasteiger partial charge in [0.2, 0.25) is 0 Å². The topological polar surface area (TPSA) is 37.3 Å². The van der Waals surface area contributed by atoms with Gasteiger partial charge >= 0.3 is 5.97 Å². The summed E-state index contributed by atoms with van der Waals surface area (Å²) in [6.45, 7) is 3.96. The molecule has 2 heteroatoms. The van der Waals surface area contributed by atoms with E-state index >= 15 is 0 Å². The van der Waals surface area contributed by atoms with Crippen LogP contribution in [-0.4, -0.2) is 11.1 Å². The van der Waals surface area contributed by atoms with E-state index in [-0.39, 0.29) is 6.42 Å². The molecule has 2 nitrogen and oxygen atoms in total. The number of hydrogen-bond donors (Lipinski definition) is 1. The SMILES string of the molecule is CC=CC(C)CCC(=O)O. The van der Waals surface area contributed by atoms with E-state index in [9.17, 15) is 4.79 Å². The summed E-state index contributed by atoms with van der Waals surface area (Å²) in [6.07, 6.45) is 4.97. The van der Waals surface area contributed by atoms with Crippen LogP contribution in [0.15, 0.2) is 12.2 Å². The molecule has 0 saturated carbocycles. The average molecular weight is 142 g/mol. The number of allylic oxidation sites excluding steroid dienone is 2. The molecule has 1 atom stereocenters. The van der Waals surface area contributed by atoms with Gasteiger partial charge in [0.25, 0.3) is 0 Å². The van der Waals surface area contributed by atoms with Gasteiger partial charge in [0.05, 0.1) is 0 Å². The Bertz CT molecular complexity index is 127. The monoisotopic (exact) mass is 142 g/mol. The van der Waals surface area contributed by atoms with Gasteiger partial charge in [-0.1, -0.05) is 19.1 Å². The zero-order valence-electron chi connectivity index (χ0n) is 6.50. The Kier molecular flexibility index (Phi) is 4.63. The smallest absolute Gasteiger partial charge is 0.303 e. The van der Waals surface area contributed by atoms with Gasteiger partial charge in [-0.2, -0.15) is 0 Å². The number of hydrogen-bond acceptors (Lipinski definition) is 1. The summed E-state index contributed by atoms with van der Waals surface area (Å²) in [6, 6.07) is 0. The van der Waals surface area contributed by atoms with Crippen molar-refractivity contribution in [3.8, 4) is 0 Å². The van der Waals surface area contributed by atoms with Crippen LogP contribution in [0.25, 0.3) is 0 Å². The molecule has 0 rings (SSSR count). The van der Waals surface area contributed by atoms with Crippen molar-refractivity contribution in [3.63, 3.8) is 0 Å². The Labute approximate surface area is 61.6 Å². The molecule has 0 aromatic heterocycles. The molecule has 0 aromatic rings. The lowest BCUT2D eigenvalue weighted by Crippen LogP contribution is -1.98. The first-order valence-corrected chi connectivity index (χ1v) is 3.51.